The molecule has 0 aliphatic heterocycles. The summed E-state index contributed by atoms with van der Waals surface area (Å²) in [7, 11) is 0. The second-order valence-corrected chi connectivity index (χ2v) is 5.32. The van der Waals surface area contributed by atoms with Crippen molar-refractivity contribution < 1.29 is 9.53 Å². The van der Waals surface area contributed by atoms with Gasteiger partial charge in [-0.1, -0.05) is 31.5 Å². The Hall–Kier alpha value is -1.73. The highest BCUT2D eigenvalue weighted by molar-refractivity contribution is 6.30. The summed E-state index contributed by atoms with van der Waals surface area (Å²) < 4.78 is 5.43. The predicted molar refractivity (Wildman–Crippen MR) is 78.6 cm³/mol. The van der Waals surface area contributed by atoms with Gasteiger partial charge in [0.05, 0.1) is 12.5 Å². The number of benzene rings is 1. The zero-order valence-electron chi connectivity index (χ0n) is 11.8. The van der Waals surface area contributed by atoms with Gasteiger partial charge in [-0.15, -0.1) is 0 Å². The second-order valence-electron chi connectivity index (χ2n) is 4.89. The van der Waals surface area contributed by atoms with E-state index >= 15 is 0 Å². The first-order valence-corrected chi connectivity index (χ1v) is 6.93. The number of hydrogen-bond donors (Lipinski definition) is 0. The van der Waals surface area contributed by atoms with Gasteiger partial charge in [0.1, 0.15) is 5.75 Å². The molecule has 0 heterocycles. The van der Waals surface area contributed by atoms with E-state index in [4.69, 9.17) is 21.6 Å². The van der Waals surface area contributed by atoms with Gasteiger partial charge in [-0.05, 0) is 24.1 Å². The number of halogens is 1. The van der Waals surface area contributed by atoms with Crippen LogP contribution < -0.4 is 4.74 Å². The highest BCUT2D eigenvalue weighted by Crippen LogP contribution is 2.17. The van der Waals surface area contributed by atoms with Gasteiger partial charge < -0.3 is 9.64 Å². The van der Waals surface area contributed by atoms with E-state index in [0.29, 0.717) is 36.2 Å². The Morgan fingerprint density at radius 1 is 1.50 bits per heavy atom. The lowest BCUT2D eigenvalue weighted by Crippen LogP contribution is -2.38. The molecule has 1 amide bonds. The van der Waals surface area contributed by atoms with Gasteiger partial charge in [0.15, 0.2) is 6.61 Å². The molecule has 0 saturated carbocycles. The van der Waals surface area contributed by atoms with E-state index in [2.05, 4.69) is 6.07 Å². The molecule has 20 heavy (non-hydrogen) atoms. The van der Waals surface area contributed by atoms with Crippen molar-refractivity contribution in [2.45, 2.75) is 20.3 Å². The van der Waals surface area contributed by atoms with E-state index in [9.17, 15) is 4.79 Å². The number of carbonyl (C=O) groups is 1. The third-order valence-corrected chi connectivity index (χ3v) is 2.83. The molecule has 0 aliphatic rings. The van der Waals surface area contributed by atoms with Crippen molar-refractivity contribution >= 4 is 17.5 Å². The Morgan fingerprint density at radius 2 is 2.25 bits per heavy atom. The average molecular weight is 295 g/mol. The maximum atomic E-state index is 12.1. The Kier molecular flexibility index (Phi) is 6.89. The molecular formula is C15H19ClN2O2. The summed E-state index contributed by atoms with van der Waals surface area (Å²) >= 11 is 5.85. The van der Waals surface area contributed by atoms with E-state index < -0.39 is 0 Å². The molecule has 0 N–H and O–H groups in total. The molecule has 4 nitrogen and oxygen atoms in total. The van der Waals surface area contributed by atoms with Crippen molar-refractivity contribution in [3.8, 4) is 11.8 Å². The van der Waals surface area contributed by atoms with E-state index in [1.54, 1.807) is 29.2 Å². The fourth-order valence-corrected chi connectivity index (χ4v) is 1.92. The number of nitriles is 1. The molecule has 5 heteroatoms. The third-order valence-electron chi connectivity index (χ3n) is 2.59. The minimum atomic E-state index is -0.117. The third kappa shape index (κ3) is 5.94. The van der Waals surface area contributed by atoms with Crippen LogP contribution in [0.15, 0.2) is 24.3 Å². The van der Waals surface area contributed by atoms with Crippen molar-refractivity contribution in [3.63, 3.8) is 0 Å². The molecule has 0 unspecified atom stereocenters. The number of carbonyl (C=O) groups excluding carboxylic acids is 1. The number of hydrogen-bond acceptors (Lipinski definition) is 3. The maximum absolute atomic E-state index is 12.1. The first kappa shape index (κ1) is 16.3. The summed E-state index contributed by atoms with van der Waals surface area (Å²) in [6, 6.07) is 8.98. The van der Waals surface area contributed by atoms with Gasteiger partial charge in [-0.2, -0.15) is 5.26 Å². The molecular weight excluding hydrogens is 276 g/mol. The van der Waals surface area contributed by atoms with Crippen LogP contribution in [0.3, 0.4) is 0 Å². The molecule has 0 aromatic heterocycles. The fraction of sp³-hybridized carbons (Fsp3) is 0.467. The molecule has 0 aliphatic carbocycles. The van der Waals surface area contributed by atoms with Crippen LogP contribution in [-0.4, -0.2) is 30.5 Å². The maximum Gasteiger partial charge on any atom is 0.260 e. The summed E-state index contributed by atoms with van der Waals surface area (Å²) in [6.45, 7) is 5.08. The van der Waals surface area contributed by atoms with Crippen LogP contribution in [0.4, 0.5) is 0 Å². The number of ether oxygens (including phenoxy) is 1. The first-order chi connectivity index (χ1) is 9.52. The van der Waals surface area contributed by atoms with Crippen LogP contribution in [0.25, 0.3) is 0 Å². The standard InChI is InChI=1S/C15H19ClN2O2/c1-12(2)10-18(8-4-7-17)15(19)11-20-14-6-3-5-13(16)9-14/h3,5-6,9,12H,4,8,10-11H2,1-2H3. The molecule has 1 rings (SSSR count). The summed E-state index contributed by atoms with van der Waals surface area (Å²) in [5.74, 6) is 0.799. The van der Waals surface area contributed by atoms with E-state index in [1.165, 1.54) is 0 Å². The quantitative estimate of drug-likeness (QED) is 0.776. The van der Waals surface area contributed by atoms with Crippen molar-refractivity contribution in [1.82, 2.24) is 4.90 Å². The Labute approximate surface area is 124 Å². The first-order valence-electron chi connectivity index (χ1n) is 6.56. The molecule has 0 atom stereocenters. The van der Waals surface area contributed by atoms with Gasteiger partial charge in [0.25, 0.3) is 5.91 Å². The lowest BCUT2D eigenvalue weighted by molar-refractivity contribution is -0.133. The summed E-state index contributed by atoms with van der Waals surface area (Å²) in [5, 5.41) is 9.20. The van der Waals surface area contributed by atoms with Crippen LogP contribution in [0.1, 0.15) is 20.3 Å². The average Bonchev–Trinajstić information content (AvgIpc) is 2.40. The lowest BCUT2D eigenvalue weighted by Gasteiger charge is -2.23. The Bertz CT molecular complexity index is 483. The van der Waals surface area contributed by atoms with Crippen LogP contribution in [0.5, 0.6) is 5.75 Å². The number of rotatable bonds is 7. The minimum Gasteiger partial charge on any atom is -0.484 e. The van der Waals surface area contributed by atoms with Gasteiger partial charge >= 0.3 is 0 Å². The van der Waals surface area contributed by atoms with Crippen molar-refractivity contribution in [3.05, 3.63) is 29.3 Å². The van der Waals surface area contributed by atoms with Gasteiger partial charge in [0.2, 0.25) is 0 Å². The second kappa shape index (κ2) is 8.44. The molecule has 0 bridgehead atoms. The SMILES string of the molecule is CC(C)CN(CCC#N)C(=O)COc1cccc(Cl)c1. The fourth-order valence-electron chi connectivity index (χ4n) is 1.74. The summed E-state index contributed by atoms with van der Waals surface area (Å²) in [6.07, 6.45) is 0.329. The van der Waals surface area contributed by atoms with Crippen LogP contribution in [0.2, 0.25) is 5.02 Å². The van der Waals surface area contributed by atoms with E-state index in [0.717, 1.165) is 0 Å². The lowest BCUT2D eigenvalue weighted by atomic mass is 10.2. The zero-order chi connectivity index (χ0) is 15.0. The summed E-state index contributed by atoms with van der Waals surface area (Å²) in [5.41, 5.74) is 0. The molecule has 0 radical (unpaired) electrons. The van der Waals surface area contributed by atoms with Crippen LogP contribution in [0, 0.1) is 17.2 Å². The van der Waals surface area contributed by atoms with Crippen molar-refractivity contribution in [1.29, 1.82) is 5.26 Å². The molecule has 0 saturated heterocycles. The largest absolute Gasteiger partial charge is 0.484 e. The molecule has 0 spiro atoms. The Morgan fingerprint density at radius 3 is 2.85 bits per heavy atom. The smallest absolute Gasteiger partial charge is 0.260 e. The highest BCUT2D eigenvalue weighted by atomic mass is 35.5. The molecule has 0 fully saturated rings. The minimum absolute atomic E-state index is 0.0432. The van der Waals surface area contributed by atoms with Gasteiger partial charge in [-0.25, -0.2) is 0 Å². The Balaban J connectivity index is 2.55. The number of amides is 1. The molecule has 108 valence electrons. The van der Waals surface area contributed by atoms with E-state index in [1.807, 2.05) is 13.8 Å². The predicted octanol–water partition coefficient (Wildman–Crippen LogP) is 3.12. The summed E-state index contributed by atoms with van der Waals surface area (Å²) in [4.78, 5) is 13.8. The molecule has 1 aromatic carbocycles. The topological polar surface area (TPSA) is 53.3 Å². The highest BCUT2D eigenvalue weighted by Gasteiger charge is 2.15. The van der Waals surface area contributed by atoms with Gasteiger partial charge in [-0.3, -0.25) is 4.79 Å². The van der Waals surface area contributed by atoms with Crippen molar-refractivity contribution in [2.24, 2.45) is 5.92 Å². The normalized spacial score (nSPS) is 10.2. The molecule has 1 aromatic rings. The van der Waals surface area contributed by atoms with Crippen LogP contribution >= 0.6 is 11.6 Å². The number of nitrogens with zero attached hydrogens (tertiary/aromatic N) is 2. The van der Waals surface area contributed by atoms with E-state index in [-0.39, 0.29) is 12.5 Å². The van der Waals surface area contributed by atoms with Gasteiger partial charge in [0, 0.05) is 18.1 Å². The van der Waals surface area contributed by atoms with Crippen LogP contribution in [-0.2, 0) is 4.79 Å². The monoisotopic (exact) mass is 294 g/mol. The zero-order valence-corrected chi connectivity index (χ0v) is 12.6. The van der Waals surface area contributed by atoms with Crippen molar-refractivity contribution in [2.75, 3.05) is 19.7 Å².